The molecule has 0 aliphatic carbocycles. The van der Waals surface area contributed by atoms with Crippen molar-refractivity contribution in [2.24, 2.45) is 0 Å². The monoisotopic (exact) mass is 515 g/mol. The Morgan fingerprint density at radius 2 is 1.72 bits per heavy atom. The molecular formula is C19H25ClF3N3O4S2. The lowest BCUT2D eigenvalue weighted by Crippen LogP contribution is -2.21. The summed E-state index contributed by atoms with van der Waals surface area (Å²) in [6, 6.07) is 11.0. The van der Waals surface area contributed by atoms with Crippen LogP contribution in [0, 0.1) is 0 Å². The molecule has 2 N–H and O–H groups in total. The van der Waals surface area contributed by atoms with Crippen molar-refractivity contribution in [2.75, 3.05) is 28.2 Å². The number of hydrogen-bond acceptors (Lipinski definition) is 6. The number of aliphatic carboxylic acids is 1. The lowest BCUT2D eigenvalue weighted by molar-refractivity contribution is -0.192. The second kappa shape index (κ2) is 12.8. The zero-order chi connectivity index (χ0) is 23.8. The molecule has 1 aromatic carbocycles. The summed E-state index contributed by atoms with van der Waals surface area (Å²) < 4.78 is 58.8. The van der Waals surface area contributed by atoms with E-state index in [1.807, 2.05) is 52.5 Å². The molecule has 0 aliphatic heterocycles. The molecule has 0 fully saturated rings. The molecule has 3 aromatic rings. The minimum atomic E-state index is -5.08. The van der Waals surface area contributed by atoms with Gasteiger partial charge in [-0.25, -0.2) is 8.77 Å². The van der Waals surface area contributed by atoms with Gasteiger partial charge in [0, 0.05) is 18.1 Å². The van der Waals surface area contributed by atoms with Gasteiger partial charge in [0.2, 0.25) is 0 Å². The van der Waals surface area contributed by atoms with Crippen molar-refractivity contribution in [1.29, 1.82) is 0 Å². The number of nitrogens with zero attached hydrogens (tertiary/aromatic N) is 2. The molecule has 2 heterocycles. The molecule has 0 bridgehead atoms. The standard InChI is InChI=1S/C15H16N2O2S2.C2HF3O2.C2H7N.ClH/c1-16(2)11-12-5-3-6-14-13(12)8-9-17(14)21(18,19)15-7-4-10-20-15;3-2(4,5)1(6)7;1-3-2;/h3-10H,11H2,1-2H3;(H,6,7);3H,1-2H3;1H. The Morgan fingerprint density at radius 3 is 2.16 bits per heavy atom. The minimum Gasteiger partial charge on any atom is -0.475 e. The quantitative estimate of drug-likeness (QED) is 0.548. The molecule has 2 aromatic heterocycles. The van der Waals surface area contributed by atoms with Crippen molar-refractivity contribution in [3.8, 4) is 0 Å². The smallest absolute Gasteiger partial charge is 0.475 e. The van der Waals surface area contributed by atoms with Crippen LogP contribution in [-0.4, -0.2) is 62.7 Å². The predicted molar refractivity (Wildman–Crippen MR) is 122 cm³/mol. The molecule has 0 unspecified atom stereocenters. The maximum Gasteiger partial charge on any atom is 0.490 e. The Labute approximate surface area is 194 Å². The van der Waals surface area contributed by atoms with Gasteiger partial charge in [0.05, 0.1) is 5.52 Å². The van der Waals surface area contributed by atoms with Crippen LogP contribution >= 0.6 is 23.7 Å². The van der Waals surface area contributed by atoms with Crippen LogP contribution < -0.4 is 5.32 Å². The fraction of sp³-hybridized carbons (Fsp3) is 0.316. The normalized spacial score (nSPS) is 11.1. The second-order valence-corrected chi connectivity index (χ2v) is 9.43. The topological polar surface area (TPSA) is 91.6 Å². The first kappa shape index (κ1) is 29.9. The van der Waals surface area contributed by atoms with Crippen LogP contribution in [0.15, 0.2) is 52.2 Å². The third-order valence-corrected chi connectivity index (χ3v) is 6.59. The van der Waals surface area contributed by atoms with Crippen LogP contribution in [0.1, 0.15) is 5.56 Å². The minimum absolute atomic E-state index is 0. The summed E-state index contributed by atoms with van der Waals surface area (Å²) in [5.41, 5.74) is 1.85. The van der Waals surface area contributed by atoms with Gasteiger partial charge < -0.3 is 15.3 Å². The number of hydrogen-bond donors (Lipinski definition) is 2. The summed E-state index contributed by atoms with van der Waals surface area (Å²) in [5.74, 6) is -2.76. The van der Waals surface area contributed by atoms with Crippen LogP contribution in [0.3, 0.4) is 0 Å². The molecule has 0 saturated carbocycles. The van der Waals surface area contributed by atoms with Gasteiger partial charge in [0.1, 0.15) is 4.21 Å². The number of halogens is 4. The Hall–Kier alpha value is -2.12. The lowest BCUT2D eigenvalue weighted by Gasteiger charge is -2.11. The molecule has 0 atom stereocenters. The zero-order valence-corrected chi connectivity index (χ0v) is 20.2. The van der Waals surface area contributed by atoms with E-state index in [-0.39, 0.29) is 12.4 Å². The van der Waals surface area contributed by atoms with E-state index in [9.17, 15) is 21.6 Å². The maximum atomic E-state index is 12.7. The second-order valence-electron chi connectivity index (χ2n) is 6.44. The number of alkyl halides is 3. The van der Waals surface area contributed by atoms with Crippen molar-refractivity contribution in [2.45, 2.75) is 16.9 Å². The van der Waals surface area contributed by atoms with Crippen LogP contribution in [0.2, 0.25) is 0 Å². The molecule has 0 aliphatic rings. The number of fused-ring (bicyclic) bond motifs is 1. The van der Waals surface area contributed by atoms with Gasteiger partial charge >= 0.3 is 12.1 Å². The summed E-state index contributed by atoms with van der Waals surface area (Å²) in [4.78, 5) is 11.0. The van der Waals surface area contributed by atoms with Crippen molar-refractivity contribution in [3.05, 3.63) is 53.5 Å². The summed E-state index contributed by atoms with van der Waals surface area (Å²) in [5, 5.41) is 12.6. The van der Waals surface area contributed by atoms with Gasteiger partial charge in [-0.3, -0.25) is 0 Å². The maximum absolute atomic E-state index is 12.7. The number of rotatable bonds is 4. The Balaban J connectivity index is 0.000000744. The molecule has 13 heteroatoms. The van der Waals surface area contributed by atoms with Crippen molar-refractivity contribution in [1.82, 2.24) is 14.2 Å². The summed E-state index contributed by atoms with van der Waals surface area (Å²) in [6.07, 6.45) is -3.45. The average molecular weight is 516 g/mol. The van der Waals surface area contributed by atoms with E-state index in [0.717, 1.165) is 23.0 Å². The fourth-order valence-electron chi connectivity index (χ4n) is 2.40. The van der Waals surface area contributed by atoms with Crippen molar-refractivity contribution < 1.29 is 31.5 Å². The highest BCUT2D eigenvalue weighted by molar-refractivity contribution is 7.92. The van der Waals surface area contributed by atoms with E-state index in [0.29, 0.717) is 4.21 Å². The first-order valence-electron chi connectivity index (χ1n) is 8.77. The summed E-state index contributed by atoms with van der Waals surface area (Å²) in [6.45, 7) is 0.778. The molecule has 180 valence electrons. The van der Waals surface area contributed by atoms with Crippen LogP contribution in [0.25, 0.3) is 10.9 Å². The number of benzene rings is 1. The van der Waals surface area contributed by atoms with Crippen LogP contribution in [0.4, 0.5) is 13.2 Å². The number of aromatic nitrogens is 1. The van der Waals surface area contributed by atoms with E-state index in [4.69, 9.17) is 9.90 Å². The average Bonchev–Trinajstić information content (AvgIpc) is 3.33. The highest BCUT2D eigenvalue weighted by atomic mass is 35.5. The van der Waals surface area contributed by atoms with Gasteiger partial charge in [-0.05, 0) is 57.3 Å². The fourth-order valence-corrected chi connectivity index (χ4v) is 4.83. The van der Waals surface area contributed by atoms with E-state index >= 15 is 0 Å². The highest BCUT2D eigenvalue weighted by Gasteiger charge is 2.38. The van der Waals surface area contributed by atoms with Crippen molar-refractivity contribution in [3.63, 3.8) is 0 Å². The number of carbonyl (C=O) groups is 1. The van der Waals surface area contributed by atoms with Gasteiger partial charge in [-0.1, -0.05) is 18.2 Å². The number of carboxylic acids is 1. The van der Waals surface area contributed by atoms with E-state index in [1.54, 1.807) is 23.7 Å². The molecular weight excluding hydrogens is 491 g/mol. The largest absolute Gasteiger partial charge is 0.490 e. The molecule has 0 saturated heterocycles. The molecule has 32 heavy (non-hydrogen) atoms. The SMILES string of the molecule is CN(C)Cc1cccc2c1ccn2S(=O)(=O)c1cccs1.CNC.Cl.O=C(O)C(F)(F)F. The van der Waals surface area contributed by atoms with Gasteiger partial charge in [0.25, 0.3) is 10.0 Å². The van der Waals surface area contributed by atoms with Gasteiger partial charge in [-0.15, -0.1) is 23.7 Å². The van der Waals surface area contributed by atoms with Gasteiger partial charge in [0.15, 0.2) is 0 Å². The Bertz CT molecular complexity index is 1080. The molecule has 7 nitrogen and oxygen atoms in total. The van der Waals surface area contributed by atoms with E-state index < -0.39 is 22.2 Å². The first-order chi connectivity index (χ1) is 14.4. The predicted octanol–water partition coefficient (Wildman–Crippen LogP) is 3.89. The summed E-state index contributed by atoms with van der Waals surface area (Å²) in [7, 11) is 4.24. The number of carboxylic acid groups (broad SMARTS) is 1. The molecule has 3 rings (SSSR count). The summed E-state index contributed by atoms with van der Waals surface area (Å²) >= 11 is 1.23. The van der Waals surface area contributed by atoms with Crippen molar-refractivity contribution >= 4 is 50.6 Å². The third-order valence-electron chi connectivity index (χ3n) is 3.52. The van der Waals surface area contributed by atoms with E-state index in [1.165, 1.54) is 15.3 Å². The number of thiophene rings is 1. The molecule has 0 spiro atoms. The zero-order valence-electron chi connectivity index (χ0n) is 17.8. The molecule has 0 radical (unpaired) electrons. The van der Waals surface area contributed by atoms with Crippen LogP contribution in [-0.2, 0) is 21.4 Å². The molecule has 0 amide bonds. The third kappa shape index (κ3) is 8.10. The Kier molecular flexibility index (Phi) is 12.0. The van der Waals surface area contributed by atoms with Crippen LogP contribution in [0.5, 0.6) is 0 Å². The number of nitrogens with one attached hydrogen (secondary N) is 1. The van der Waals surface area contributed by atoms with Gasteiger partial charge in [-0.2, -0.15) is 21.6 Å². The highest BCUT2D eigenvalue weighted by Crippen LogP contribution is 2.27. The first-order valence-corrected chi connectivity index (χ1v) is 11.1. The Morgan fingerprint density at radius 1 is 1.16 bits per heavy atom. The van der Waals surface area contributed by atoms with E-state index in [2.05, 4.69) is 10.2 Å². The lowest BCUT2D eigenvalue weighted by atomic mass is 10.1.